The molecule has 2 atom stereocenters. The van der Waals surface area contributed by atoms with Crippen LogP contribution in [0.2, 0.25) is 5.02 Å². The van der Waals surface area contributed by atoms with Gasteiger partial charge in [0.05, 0.1) is 21.7 Å². The van der Waals surface area contributed by atoms with Crippen molar-refractivity contribution in [3.05, 3.63) is 34.5 Å². The minimum absolute atomic E-state index is 0.00555. The summed E-state index contributed by atoms with van der Waals surface area (Å²) in [6, 6.07) is 3.28. The monoisotopic (exact) mass is 405 g/mol. The fourth-order valence-electron chi connectivity index (χ4n) is 3.39. The number of aromatic nitrogens is 1. The largest absolute Gasteiger partial charge is 0.342 e. The van der Waals surface area contributed by atoms with Gasteiger partial charge in [0, 0.05) is 50.9 Å². The molecule has 0 spiro atoms. The first-order valence-corrected chi connectivity index (χ1v) is 9.39. The van der Waals surface area contributed by atoms with Gasteiger partial charge in [0.15, 0.2) is 0 Å². The number of nitrogens with two attached hydrogens (primary N) is 1. The van der Waals surface area contributed by atoms with Gasteiger partial charge in [-0.05, 0) is 26.0 Å². The highest BCUT2D eigenvalue weighted by Gasteiger charge is 2.30. The first-order chi connectivity index (χ1) is 13.1. The number of piperazine rings is 1. The van der Waals surface area contributed by atoms with E-state index in [1.807, 2.05) is 13.8 Å². The van der Waals surface area contributed by atoms with Gasteiger partial charge in [-0.1, -0.05) is 11.6 Å². The topological polar surface area (TPSA) is 101 Å². The Hall–Kier alpha value is -2.58. The van der Waals surface area contributed by atoms with Crippen LogP contribution in [-0.2, 0) is 4.79 Å². The lowest BCUT2D eigenvalue weighted by molar-refractivity contribution is -0.124. The molecular formula is C19H24ClN5O3. The molecule has 0 unspecified atom stereocenters. The number of amides is 2. The average molecular weight is 406 g/mol. The molecule has 0 aliphatic carbocycles. The predicted octanol–water partition coefficient (Wildman–Crippen LogP) is 1.10. The molecule has 0 radical (unpaired) electrons. The van der Waals surface area contributed by atoms with Gasteiger partial charge in [-0.25, -0.2) is 0 Å². The van der Waals surface area contributed by atoms with Crippen LogP contribution in [0, 0.1) is 0 Å². The third kappa shape index (κ3) is 3.45. The Bertz CT molecular complexity index is 968. The number of nitrogens with zero attached hydrogens (tertiary/aromatic N) is 3. The van der Waals surface area contributed by atoms with Crippen molar-refractivity contribution in [2.24, 2.45) is 0 Å². The summed E-state index contributed by atoms with van der Waals surface area (Å²) in [6.07, 6.45) is 1.38. The average Bonchev–Trinajstić information content (AvgIpc) is 2.97. The minimum atomic E-state index is -0.691. The molecule has 2 heterocycles. The molecule has 1 aliphatic heterocycles. The lowest BCUT2D eigenvalue weighted by atomic mass is 10.0. The van der Waals surface area contributed by atoms with Crippen LogP contribution in [0.25, 0.3) is 10.9 Å². The molecular weight excluding hydrogens is 382 g/mol. The van der Waals surface area contributed by atoms with Crippen molar-refractivity contribution in [2.75, 3.05) is 33.0 Å². The predicted molar refractivity (Wildman–Crippen MR) is 108 cm³/mol. The number of Topliss-reactive ketones (excluding diaryl/α,β-unsaturated/α-hetero) is 1. The smallest absolute Gasteiger partial charge is 0.294 e. The maximum atomic E-state index is 13.2. The molecule has 2 aromatic rings. The molecule has 3 rings (SSSR count). The number of rotatable bonds is 3. The van der Waals surface area contributed by atoms with Crippen molar-refractivity contribution < 1.29 is 14.4 Å². The highest BCUT2D eigenvalue weighted by atomic mass is 35.5. The van der Waals surface area contributed by atoms with Crippen molar-refractivity contribution in [2.45, 2.75) is 25.9 Å². The Balaban J connectivity index is 2.08. The Kier molecular flexibility index (Phi) is 5.36. The summed E-state index contributed by atoms with van der Waals surface area (Å²) < 4.78 is 1.24. The van der Waals surface area contributed by atoms with Gasteiger partial charge in [0.25, 0.3) is 17.6 Å². The number of hydrogen-bond acceptors (Lipinski definition) is 5. The highest BCUT2D eigenvalue weighted by Crippen LogP contribution is 2.29. The standard InChI is InChI=1S/C19H24ClN5O3/c1-10-8-24(11(2)7-22-10)18(27)13-5-12-14(17(26)19(28)23(3)4)9-25(21)16(12)6-15(13)20/h5-6,9-11,22H,7-8,21H2,1-4H3/t10-,11+/m0/s1. The molecule has 8 nitrogen and oxygen atoms in total. The summed E-state index contributed by atoms with van der Waals surface area (Å²) in [5.74, 6) is 4.38. The molecule has 28 heavy (non-hydrogen) atoms. The van der Waals surface area contributed by atoms with Crippen molar-refractivity contribution in [3.63, 3.8) is 0 Å². The number of halogens is 1. The Morgan fingerprint density at radius 1 is 1.21 bits per heavy atom. The quantitative estimate of drug-likeness (QED) is 0.452. The lowest BCUT2D eigenvalue weighted by Crippen LogP contribution is -2.56. The number of benzene rings is 1. The fraction of sp³-hybridized carbons (Fsp3) is 0.421. The molecule has 0 saturated carbocycles. The van der Waals surface area contributed by atoms with E-state index < -0.39 is 11.7 Å². The van der Waals surface area contributed by atoms with Crippen LogP contribution in [0.15, 0.2) is 18.3 Å². The van der Waals surface area contributed by atoms with Crippen molar-refractivity contribution in [1.82, 2.24) is 19.8 Å². The molecule has 1 fully saturated rings. The minimum Gasteiger partial charge on any atom is -0.342 e. The zero-order valence-corrected chi connectivity index (χ0v) is 17.1. The van der Waals surface area contributed by atoms with Crippen LogP contribution in [-0.4, -0.2) is 71.3 Å². The third-order valence-electron chi connectivity index (χ3n) is 5.02. The van der Waals surface area contributed by atoms with Crippen LogP contribution < -0.4 is 11.2 Å². The van der Waals surface area contributed by atoms with Crippen LogP contribution in [0.3, 0.4) is 0 Å². The summed E-state index contributed by atoms with van der Waals surface area (Å²) in [7, 11) is 3.00. The second-order valence-corrected chi connectivity index (χ2v) is 7.85. The maximum absolute atomic E-state index is 13.2. The van der Waals surface area contributed by atoms with Gasteiger partial charge in [-0.15, -0.1) is 0 Å². The second kappa shape index (κ2) is 7.44. The van der Waals surface area contributed by atoms with Crippen LogP contribution in [0.4, 0.5) is 0 Å². The van der Waals surface area contributed by atoms with Gasteiger partial charge in [0.2, 0.25) is 0 Å². The normalized spacial score (nSPS) is 19.7. The maximum Gasteiger partial charge on any atom is 0.294 e. The van der Waals surface area contributed by atoms with Gasteiger partial charge in [0.1, 0.15) is 0 Å². The lowest BCUT2D eigenvalue weighted by Gasteiger charge is -2.37. The van der Waals surface area contributed by atoms with Crippen LogP contribution in [0.5, 0.6) is 0 Å². The van der Waals surface area contributed by atoms with E-state index in [2.05, 4.69) is 5.32 Å². The second-order valence-electron chi connectivity index (χ2n) is 7.44. The SMILES string of the molecule is C[C@@H]1CN[C@@H](C)CN1C(=O)c1cc2c(C(=O)C(=O)N(C)C)cn(N)c2cc1Cl. The summed E-state index contributed by atoms with van der Waals surface area (Å²) in [5, 5.41) is 4.00. The zero-order chi connectivity index (χ0) is 20.7. The van der Waals surface area contributed by atoms with E-state index in [0.717, 1.165) is 0 Å². The number of carbonyl (C=O) groups is 3. The van der Waals surface area contributed by atoms with E-state index in [1.54, 1.807) is 17.0 Å². The molecule has 1 saturated heterocycles. The first-order valence-electron chi connectivity index (χ1n) is 9.01. The number of ketones is 1. The summed E-state index contributed by atoms with van der Waals surface area (Å²) in [6.45, 7) is 5.21. The molecule has 0 bridgehead atoms. The van der Waals surface area contributed by atoms with Gasteiger partial charge in [-0.3, -0.25) is 19.1 Å². The molecule has 150 valence electrons. The number of hydrogen-bond donors (Lipinski definition) is 2. The van der Waals surface area contributed by atoms with E-state index in [-0.39, 0.29) is 34.1 Å². The Morgan fingerprint density at radius 2 is 1.89 bits per heavy atom. The van der Waals surface area contributed by atoms with Crippen molar-refractivity contribution >= 4 is 40.1 Å². The molecule has 1 aromatic heterocycles. The number of fused-ring (bicyclic) bond motifs is 1. The highest BCUT2D eigenvalue weighted by molar-refractivity contribution is 6.45. The fourth-order valence-corrected chi connectivity index (χ4v) is 3.63. The number of nitrogens with one attached hydrogen (secondary N) is 1. The van der Waals surface area contributed by atoms with E-state index in [9.17, 15) is 14.4 Å². The van der Waals surface area contributed by atoms with Gasteiger partial charge < -0.3 is 21.0 Å². The van der Waals surface area contributed by atoms with Crippen molar-refractivity contribution in [3.8, 4) is 0 Å². The van der Waals surface area contributed by atoms with E-state index in [1.165, 1.54) is 29.9 Å². The molecule has 3 N–H and O–H groups in total. The summed E-state index contributed by atoms with van der Waals surface area (Å²) in [5.41, 5.74) is 0.898. The number of likely N-dealkylation sites (N-methyl/N-ethyl adjacent to an activating group) is 1. The zero-order valence-electron chi connectivity index (χ0n) is 16.3. The molecule has 1 aromatic carbocycles. The van der Waals surface area contributed by atoms with E-state index in [0.29, 0.717) is 24.0 Å². The Labute approximate surface area is 168 Å². The van der Waals surface area contributed by atoms with Crippen molar-refractivity contribution in [1.29, 1.82) is 0 Å². The molecule has 9 heteroatoms. The third-order valence-corrected chi connectivity index (χ3v) is 5.34. The van der Waals surface area contributed by atoms with Crippen LogP contribution in [0.1, 0.15) is 34.6 Å². The van der Waals surface area contributed by atoms with E-state index >= 15 is 0 Å². The van der Waals surface area contributed by atoms with Gasteiger partial charge in [-0.2, -0.15) is 0 Å². The van der Waals surface area contributed by atoms with E-state index in [4.69, 9.17) is 17.4 Å². The first kappa shape index (κ1) is 20.2. The molecule has 2 amide bonds. The Morgan fingerprint density at radius 3 is 2.54 bits per heavy atom. The van der Waals surface area contributed by atoms with Gasteiger partial charge >= 0.3 is 0 Å². The number of carbonyl (C=O) groups excluding carboxylic acids is 3. The summed E-state index contributed by atoms with van der Waals surface area (Å²) >= 11 is 6.38. The van der Waals surface area contributed by atoms with Crippen LogP contribution >= 0.6 is 11.6 Å². The molecule has 1 aliphatic rings. The number of nitrogen functional groups attached to an aromatic ring is 1. The summed E-state index contributed by atoms with van der Waals surface area (Å²) in [4.78, 5) is 40.8.